The predicted molar refractivity (Wildman–Crippen MR) is 88.9 cm³/mol. The van der Waals surface area contributed by atoms with Gasteiger partial charge in [0.1, 0.15) is 0 Å². The maximum atomic E-state index is 8.47. The van der Waals surface area contributed by atoms with Gasteiger partial charge in [0, 0.05) is 17.4 Å². The zero-order chi connectivity index (χ0) is 12.2. The van der Waals surface area contributed by atoms with Crippen molar-refractivity contribution in [3.8, 4) is 0 Å². The van der Waals surface area contributed by atoms with E-state index >= 15 is 0 Å². The van der Waals surface area contributed by atoms with Gasteiger partial charge < -0.3 is 25.4 Å². The summed E-state index contributed by atoms with van der Waals surface area (Å²) in [6.07, 6.45) is 3.28. The first-order valence-electron chi connectivity index (χ1n) is 4.75. The first kappa shape index (κ1) is 31.2. The van der Waals surface area contributed by atoms with E-state index in [9.17, 15) is 0 Å². The summed E-state index contributed by atoms with van der Waals surface area (Å²) in [7, 11) is 0. The zero-order valence-corrected chi connectivity index (χ0v) is 14.7. The molecule has 2 aromatic rings. The molecule has 2 rings (SSSR count). The number of amides is 1. The molecule has 0 heterocycles. The van der Waals surface area contributed by atoms with Crippen molar-refractivity contribution in [2.45, 2.75) is 0 Å². The molecule has 4 radical (unpaired) electrons. The van der Waals surface area contributed by atoms with E-state index in [0.29, 0.717) is 0 Å². The average Bonchev–Trinajstić information content (AvgIpc) is 2.78. The Kier molecular flexibility index (Phi) is 35.7. The van der Waals surface area contributed by atoms with Gasteiger partial charge in [-0.3, -0.25) is 0 Å². The fourth-order valence-electron chi connectivity index (χ4n) is 1.07. The van der Waals surface area contributed by atoms with Gasteiger partial charge in [-0.05, 0) is 0 Å². The molecule has 0 aliphatic carbocycles. The van der Waals surface area contributed by atoms with Crippen molar-refractivity contribution >= 4 is 28.1 Å². The molecule has 0 spiro atoms. The second kappa shape index (κ2) is 22.9. The van der Waals surface area contributed by atoms with Gasteiger partial charge in [0.2, 0.25) is 0 Å². The molecule has 0 atom stereocenters. The summed E-state index contributed by atoms with van der Waals surface area (Å²) < 4.78 is 0. The van der Waals surface area contributed by atoms with Crippen LogP contribution in [-0.4, -0.2) is 17.4 Å². The SMILES string of the molecule is C=CC=C.[CH3-].[CH3-].[NH-]C=O.[Si].[Ti+4].c1ccc2[cH-]ccc2c1. The summed E-state index contributed by atoms with van der Waals surface area (Å²) in [5.41, 5.74) is 5.53. The number of carbonyl (C=O) groups is 1. The molecule has 0 bridgehead atoms. The Labute approximate surface area is 143 Å². The smallest absolute Gasteiger partial charge is 0.671 e. The van der Waals surface area contributed by atoms with Crippen molar-refractivity contribution in [3.63, 3.8) is 0 Å². The molecule has 0 aliphatic rings. The summed E-state index contributed by atoms with van der Waals surface area (Å²) >= 11 is 0. The van der Waals surface area contributed by atoms with E-state index in [4.69, 9.17) is 10.5 Å². The van der Waals surface area contributed by atoms with E-state index in [1.807, 2.05) is 0 Å². The summed E-state index contributed by atoms with van der Waals surface area (Å²) in [4.78, 5) is 8.47. The van der Waals surface area contributed by atoms with E-state index in [-0.39, 0.29) is 53.9 Å². The van der Waals surface area contributed by atoms with Gasteiger partial charge in [0.25, 0.3) is 0 Å². The fraction of sp³-hybridized carbons (Fsp3) is 0. The molecular weight excluding hydrogens is 298 g/mol. The maximum Gasteiger partial charge on any atom is 4.00 e. The van der Waals surface area contributed by atoms with E-state index < -0.39 is 0 Å². The van der Waals surface area contributed by atoms with E-state index in [1.165, 1.54) is 10.8 Å². The first-order valence-corrected chi connectivity index (χ1v) is 4.75. The van der Waals surface area contributed by atoms with Crippen molar-refractivity contribution in [1.29, 1.82) is 0 Å². The Morgan fingerprint density at radius 3 is 1.90 bits per heavy atom. The number of hydrogen-bond donors (Lipinski definition) is 0. The van der Waals surface area contributed by atoms with Crippen LogP contribution < -0.4 is 0 Å². The van der Waals surface area contributed by atoms with Gasteiger partial charge in [-0.25, -0.2) is 0 Å². The molecule has 0 saturated heterocycles. The monoisotopic (exact) mass is 319 g/mol. The van der Waals surface area contributed by atoms with E-state index in [0.717, 1.165) is 0 Å². The maximum absolute atomic E-state index is 8.47. The Morgan fingerprint density at radius 1 is 1.05 bits per heavy atom. The van der Waals surface area contributed by atoms with Crippen molar-refractivity contribution in [1.82, 2.24) is 0 Å². The summed E-state index contributed by atoms with van der Waals surface area (Å²) in [5.74, 6) is 0. The zero-order valence-electron chi connectivity index (χ0n) is 12.1. The molecule has 0 saturated carbocycles. The van der Waals surface area contributed by atoms with Crippen LogP contribution in [0.1, 0.15) is 0 Å². The number of hydrogen-bond acceptors (Lipinski definition) is 1. The Bertz CT molecular complexity index is 404. The van der Waals surface area contributed by atoms with E-state index in [1.54, 1.807) is 12.2 Å². The Hall–Kier alpha value is -1.29. The van der Waals surface area contributed by atoms with Crippen LogP contribution in [0, 0.1) is 14.9 Å². The van der Waals surface area contributed by atoms with Gasteiger partial charge in [-0.2, -0.15) is 17.5 Å². The number of fused-ring (bicyclic) bond motifs is 1. The largest absolute Gasteiger partial charge is 4.00 e. The number of allylic oxidation sites excluding steroid dienone is 2. The number of benzene rings is 1. The summed E-state index contributed by atoms with van der Waals surface area (Å²) in [6.45, 7) is 6.72. The first-order chi connectivity index (χ1) is 7.79. The molecule has 0 aromatic heterocycles. The van der Waals surface area contributed by atoms with Crippen LogP contribution in [0.5, 0.6) is 0 Å². The van der Waals surface area contributed by atoms with Crippen molar-refractivity contribution in [3.05, 3.63) is 88.4 Å². The van der Waals surface area contributed by atoms with Gasteiger partial charge in [0.15, 0.2) is 0 Å². The molecule has 2 aromatic carbocycles. The van der Waals surface area contributed by atoms with Crippen molar-refractivity contribution in [2.24, 2.45) is 0 Å². The van der Waals surface area contributed by atoms with Crippen LogP contribution >= 0.6 is 0 Å². The van der Waals surface area contributed by atoms with Gasteiger partial charge in [0.05, 0.1) is 0 Å². The third-order valence-corrected chi connectivity index (χ3v) is 1.71. The molecule has 0 aliphatic heterocycles. The van der Waals surface area contributed by atoms with Crippen LogP contribution in [0.3, 0.4) is 0 Å². The molecule has 2 nitrogen and oxygen atoms in total. The molecule has 0 unspecified atom stereocenters. The molecule has 0 fully saturated rings. The normalized spacial score (nSPS) is 6.20. The minimum Gasteiger partial charge on any atom is -0.671 e. The molecule has 1 N–H and O–H groups in total. The van der Waals surface area contributed by atoms with Crippen LogP contribution in [0.2, 0.25) is 0 Å². The third-order valence-electron chi connectivity index (χ3n) is 1.71. The second-order valence-electron chi connectivity index (χ2n) is 2.74. The van der Waals surface area contributed by atoms with Crippen LogP contribution in [0.25, 0.3) is 16.5 Å². The fourth-order valence-corrected chi connectivity index (χ4v) is 1.07. The summed E-state index contributed by atoms with van der Waals surface area (Å²) in [6, 6.07) is 14.7. The average molecular weight is 319 g/mol. The Balaban J connectivity index is -0.0000000607. The molecule has 4 heteroatoms. The van der Waals surface area contributed by atoms with Gasteiger partial charge >= 0.3 is 21.7 Å². The van der Waals surface area contributed by atoms with Crippen molar-refractivity contribution < 1.29 is 26.5 Å². The predicted octanol–water partition coefficient (Wildman–Crippen LogP) is 4.63. The molecular formula is C16H21NOSiTi. The summed E-state index contributed by atoms with van der Waals surface area (Å²) in [5, 5.41) is 2.66. The standard InChI is InChI=1S/C9H7.C4H6.CH3NO.2CH3.Si.Ti/c1-2-5-9-7-3-6-8(9)4-1;1-3-4-2;2-1-3;;;;/h1-7H;3-4H,1-2H2;1H,(H2,2,3);2*1H3;;/q-1;;;2*-1;;+4/p-1. The van der Waals surface area contributed by atoms with Gasteiger partial charge in [-0.1, -0.05) is 31.4 Å². The van der Waals surface area contributed by atoms with Crippen LogP contribution in [-0.2, 0) is 26.5 Å². The topological polar surface area (TPSA) is 40.9 Å². The molecule has 1 amide bonds. The minimum atomic E-state index is 0. The number of rotatable bonds is 1. The second-order valence-corrected chi connectivity index (χ2v) is 2.74. The molecule has 104 valence electrons. The van der Waals surface area contributed by atoms with Crippen molar-refractivity contribution in [2.75, 3.05) is 0 Å². The quantitative estimate of drug-likeness (QED) is 0.327. The Morgan fingerprint density at radius 2 is 1.50 bits per heavy atom. The number of carbonyl (C=O) groups excluding carboxylic acids is 1. The molecule has 20 heavy (non-hydrogen) atoms. The number of nitrogens with one attached hydrogen (secondary N) is 1. The van der Waals surface area contributed by atoms with E-state index in [2.05, 4.69) is 55.6 Å². The van der Waals surface area contributed by atoms with Gasteiger partial charge in [-0.15, -0.1) is 29.7 Å². The van der Waals surface area contributed by atoms with Crippen LogP contribution in [0.15, 0.2) is 67.8 Å². The third kappa shape index (κ3) is 14.8. The minimum absolute atomic E-state index is 0. The van der Waals surface area contributed by atoms with Crippen LogP contribution in [0.4, 0.5) is 0 Å².